The number of nitrogens with zero attached hydrogens (tertiary/aromatic N) is 3. The predicted octanol–water partition coefficient (Wildman–Crippen LogP) is 2.78. The van der Waals surface area contributed by atoms with Crippen molar-refractivity contribution in [2.45, 2.75) is 20.0 Å². The van der Waals surface area contributed by atoms with Gasteiger partial charge in [0.2, 0.25) is 11.7 Å². The van der Waals surface area contributed by atoms with Gasteiger partial charge < -0.3 is 18.8 Å². The van der Waals surface area contributed by atoms with E-state index >= 15 is 0 Å². The number of rotatable bonds is 6. The summed E-state index contributed by atoms with van der Waals surface area (Å²) in [5.41, 5.74) is 2.17. The molecule has 1 aromatic carbocycles. The topological polar surface area (TPSA) is 103 Å². The van der Waals surface area contributed by atoms with E-state index in [-0.39, 0.29) is 30.4 Å². The molecule has 0 aliphatic carbocycles. The number of benzene rings is 1. The second-order valence-electron chi connectivity index (χ2n) is 6.53. The highest BCUT2D eigenvalue weighted by atomic mass is 16.5. The Kier molecular flexibility index (Phi) is 5.07. The van der Waals surface area contributed by atoms with Gasteiger partial charge in [0, 0.05) is 17.8 Å². The molecule has 4 aromatic rings. The Morgan fingerprint density at radius 1 is 1.14 bits per heavy atom. The van der Waals surface area contributed by atoms with Gasteiger partial charge in [-0.25, -0.2) is 0 Å². The third-order valence-electron chi connectivity index (χ3n) is 4.29. The Labute approximate surface area is 165 Å². The van der Waals surface area contributed by atoms with Crippen LogP contribution in [0.5, 0.6) is 0 Å². The monoisotopic (exact) mass is 390 g/mol. The molecule has 3 heterocycles. The van der Waals surface area contributed by atoms with Gasteiger partial charge in [0.1, 0.15) is 12.3 Å². The van der Waals surface area contributed by atoms with E-state index in [1.165, 1.54) is 23.1 Å². The first-order valence-electron chi connectivity index (χ1n) is 8.99. The van der Waals surface area contributed by atoms with Crippen LogP contribution in [0.4, 0.5) is 0 Å². The van der Waals surface area contributed by atoms with Crippen molar-refractivity contribution in [3.8, 4) is 22.8 Å². The van der Waals surface area contributed by atoms with E-state index in [0.717, 1.165) is 11.1 Å². The molecular formula is C21H18N4O4. The first-order valence-corrected chi connectivity index (χ1v) is 8.99. The Balaban J connectivity index is 1.51. The Bertz CT molecular complexity index is 1190. The second kappa shape index (κ2) is 7.97. The van der Waals surface area contributed by atoms with Crippen LogP contribution < -0.4 is 10.9 Å². The van der Waals surface area contributed by atoms with Gasteiger partial charge in [0.05, 0.1) is 18.4 Å². The molecule has 0 radical (unpaired) electrons. The SMILES string of the molecule is Cc1cccc(-c2noc(-c3ccc(=O)n(CC(=O)NCc4ccco4)c3)n2)c1. The second-order valence-corrected chi connectivity index (χ2v) is 6.53. The minimum absolute atomic E-state index is 0.133. The quantitative estimate of drug-likeness (QED) is 0.543. The van der Waals surface area contributed by atoms with Crippen molar-refractivity contribution in [2.24, 2.45) is 0 Å². The van der Waals surface area contributed by atoms with E-state index < -0.39 is 0 Å². The lowest BCUT2D eigenvalue weighted by Gasteiger charge is -2.07. The zero-order valence-electron chi connectivity index (χ0n) is 15.7. The highest BCUT2D eigenvalue weighted by Gasteiger charge is 2.13. The molecule has 1 amide bonds. The summed E-state index contributed by atoms with van der Waals surface area (Å²) in [6.07, 6.45) is 3.06. The maximum atomic E-state index is 12.2. The fourth-order valence-corrected chi connectivity index (χ4v) is 2.83. The minimum Gasteiger partial charge on any atom is -0.467 e. The zero-order chi connectivity index (χ0) is 20.2. The highest BCUT2D eigenvalue weighted by molar-refractivity contribution is 5.75. The molecule has 0 aliphatic rings. The third kappa shape index (κ3) is 4.32. The highest BCUT2D eigenvalue weighted by Crippen LogP contribution is 2.22. The summed E-state index contributed by atoms with van der Waals surface area (Å²) in [6, 6.07) is 14.2. The minimum atomic E-state index is -0.313. The Morgan fingerprint density at radius 2 is 2.03 bits per heavy atom. The van der Waals surface area contributed by atoms with Gasteiger partial charge in [-0.1, -0.05) is 28.9 Å². The van der Waals surface area contributed by atoms with Gasteiger partial charge in [-0.15, -0.1) is 0 Å². The van der Waals surface area contributed by atoms with Crippen LogP contribution >= 0.6 is 0 Å². The van der Waals surface area contributed by atoms with Crippen molar-refractivity contribution in [3.05, 3.63) is 82.7 Å². The lowest BCUT2D eigenvalue weighted by atomic mass is 10.1. The summed E-state index contributed by atoms with van der Waals surface area (Å²) in [5.74, 6) is 1.05. The van der Waals surface area contributed by atoms with Crippen LogP contribution in [0.3, 0.4) is 0 Å². The molecule has 0 atom stereocenters. The molecule has 8 nitrogen and oxygen atoms in total. The van der Waals surface area contributed by atoms with Crippen molar-refractivity contribution in [1.29, 1.82) is 0 Å². The van der Waals surface area contributed by atoms with E-state index in [1.54, 1.807) is 18.2 Å². The molecule has 0 unspecified atom stereocenters. The van der Waals surface area contributed by atoms with Crippen molar-refractivity contribution in [3.63, 3.8) is 0 Å². The smallest absolute Gasteiger partial charge is 0.259 e. The van der Waals surface area contributed by atoms with Crippen LogP contribution in [0.25, 0.3) is 22.8 Å². The molecule has 3 aromatic heterocycles. The first kappa shape index (κ1) is 18.4. The van der Waals surface area contributed by atoms with Gasteiger partial charge in [-0.3, -0.25) is 9.59 Å². The number of hydrogen-bond acceptors (Lipinski definition) is 6. The number of pyridine rings is 1. The number of hydrogen-bond donors (Lipinski definition) is 1. The normalized spacial score (nSPS) is 10.8. The molecule has 0 saturated carbocycles. The lowest BCUT2D eigenvalue weighted by Crippen LogP contribution is -2.31. The van der Waals surface area contributed by atoms with Crippen LogP contribution in [0.2, 0.25) is 0 Å². The van der Waals surface area contributed by atoms with Crippen LogP contribution in [-0.2, 0) is 17.9 Å². The molecule has 146 valence electrons. The average Bonchev–Trinajstić information content (AvgIpc) is 3.40. The first-order chi connectivity index (χ1) is 14.1. The standard InChI is InChI=1S/C21H18N4O4/c1-14-4-2-5-15(10-14)20-23-21(29-24-20)16-7-8-19(27)25(12-16)13-18(26)22-11-17-6-3-9-28-17/h2-10,12H,11,13H2,1H3,(H,22,26). The molecular weight excluding hydrogens is 372 g/mol. The molecule has 0 aliphatic heterocycles. The fraction of sp³-hybridized carbons (Fsp3) is 0.143. The summed E-state index contributed by atoms with van der Waals surface area (Å²) >= 11 is 0. The fourth-order valence-electron chi connectivity index (χ4n) is 2.83. The van der Waals surface area contributed by atoms with E-state index in [9.17, 15) is 9.59 Å². The van der Waals surface area contributed by atoms with Crippen molar-refractivity contribution in [2.75, 3.05) is 0 Å². The van der Waals surface area contributed by atoms with Crippen molar-refractivity contribution < 1.29 is 13.7 Å². The molecule has 4 rings (SSSR count). The molecule has 0 saturated heterocycles. The van der Waals surface area contributed by atoms with Crippen molar-refractivity contribution in [1.82, 2.24) is 20.0 Å². The Morgan fingerprint density at radius 3 is 2.83 bits per heavy atom. The zero-order valence-corrected chi connectivity index (χ0v) is 15.7. The largest absolute Gasteiger partial charge is 0.467 e. The van der Waals surface area contributed by atoms with Crippen LogP contribution in [-0.4, -0.2) is 20.6 Å². The number of nitrogens with one attached hydrogen (secondary N) is 1. The third-order valence-corrected chi connectivity index (χ3v) is 4.29. The lowest BCUT2D eigenvalue weighted by molar-refractivity contribution is -0.121. The van der Waals surface area contributed by atoms with Gasteiger partial charge in [-0.05, 0) is 31.2 Å². The van der Waals surface area contributed by atoms with Crippen molar-refractivity contribution >= 4 is 5.91 Å². The average molecular weight is 390 g/mol. The van der Waals surface area contributed by atoms with Crippen LogP contribution in [0, 0.1) is 6.92 Å². The number of carbonyl (C=O) groups excluding carboxylic acids is 1. The maximum absolute atomic E-state index is 12.2. The number of carbonyl (C=O) groups is 1. The van der Waals surface area contributed by atoms with E-state index in [2.05, 4.69) is 15.5 Å². The molecule has 1 N–H and O–H groups in total. The molecule has 8 heteroatoms. The molecule has 0 bridgehead atoms. The van der Waals surface area contributed by atoms with Crippen LogP contribution in [0.15, 0.2) is 74.7 Å². The maximum Gasteiger partial charge on any atom is 0.259 e. The summed E-state index contributed by atoms with van der Waals surface area (Å²) < 4.78 is 11.8. The number of amides is 1. The molecule has 0 spiro atoms. The number of furan rings is 1. The van der Waals surface area contributed by atoms with Crippen LogP contribution in [0.1, 0.15) is 11.3 Å². The van der Waals surface area contributed by atoms with E-state index in [0.29, 0.717) is 17.1 Å². The van der Waals surface area contributed by atoms with Gasteiger partial charge in [0.25, 0.3) is 11.4 Å². The van der Waals surface area contributed by atoms with E-state index in [1.807, 2.05) is 31.2 Å². The summed E-state index contributed by atoms with van der Waals surface area (Å²) in [7, 11) is 0. The number of aromatic nitrogens is 3. The summed E-state index contributed by atoms with van der Waals surface area (Å²) in [4.78, 5) is 28.7. The van der Waals surface area contributed by atoms with E-state index in [4.69, 9.17) is 8.94 Å². The van der Waals surface area contributed by atoms with Gasteiger partial charge in [0.15, 0.2) is 0 Å². The predicted molar refractivity (Wildman–Crippen MR) is 105 cm³/mol. The van der Waals surface area contributed by atoms with Gasteiger partial charge in [-0.2, -0.15) is 4.98 Å². The molecule has 29 heavy (non-hydrogen) atoms. The van der Waals surface area contributed by atoms with Gasteiger partial charge >= 0.3 is 0 Å². The summed E-state index contributed by atoms with van der Waals surface area (Å²) in [6.45, 7) is 2.10. The molecule has 0 fully saturated rings. The Hall–Kier alpha value is -3.94. The number of aryl methyl sites for hydroxylation is 1. The summed E-state index contributed by atoms with van der Waals surface area (Å²) in [5, 5.41) is 6.72.